The molecule has 0 radical (unpaired) electrons. The van der Waals surface area contributed by atoms with Crippen molar-refractivity contribution < 1.29 is 9.90 Å². The van der Waals surface area contributed by atoms with Gasteiger partial charge in [-0.05, 0) is 43.0 Å². The Morgan fingerprint density at radius 3 is 2.95 bits per heavy atom. The van der Waals surface area contributed by atoms with Gasteiger partial charge in [-0.25, -0.2) is 0 Å². The second-order valence-corrected chi connectivity index (χ2v) is 5.61. The van der Waals surface area contributed by atoms with Crippen LogP contribution in [0.2, 0.25) is 0 Å². The van der Waals surface area contributed by atoms with Crippen LogP contribution in [-0.4, -0.2) is 40.6 Å². The van der Waals surface area contributed by atoms with Gasteiger partial charge in [0.1, 0.15) is 0 Å². The molecule has 1 heterocycles. The average molecular weight is 274 g/mol. The van der Waals surface area contributed by atoms with E-state index < -0.39 is 0 Å². The molecular formula is C16H22N2O2. The minimum Gasteiger partial charge on any atom is -0.393 e. The molecule has 2 rings (SSSR count). The SMILES string of the molecule is Cc1cncc(/C=C/C(=O)N(C)CC2CCCC2O)c1. The van der Waals surface area contributed by atoms with Crippen molar-refractivity contribution in [2.75, 3.05) is 13.6 Å². The number of carbonyl (C=O) groups is 1. The van der Waals surface area contributed by atoms with E-state index in [1.54, 1.807) is 36.5 Å². The number of likely N-dealkylation sites (N-methyl/N-ethyl adjacent to an activating group) is 1. The van der Waals surface area contributed by atoms with Gasteiger partial charge in [0.25, 0.3) is 0 Å². The number of nitrogens with zero attached hydrogens (tertiary/aromatic N) is 2. The maximum Gasteiger partial charge on any atom is 0.246 e. The Labute approximate surface area is 120 Å². The van der Waals surface area contributed by atoms with Crippen LogP contribution in [0.15, 0.2) is 24.5 Å². The molecule has 1 amide bonds. The zero-order chi connectivity index (χ0) is 14.5. The molecule has 0 saturated heterocycles. The molecule has 1 aromatic heterocycles. The van der Waals surface area contributed by atoms with E-state index in [0.29, 0.717) is 6.54 Å². The van der Waals surface area contributed by atoms with Crippen LogP contribution in [0.4, 0.5) is 0 Å². The number of aromatic nitrogens is 1. The molecule has 1 aliphatic carbocycles. The summed E-state index contributed by atoms with van der Waals surface area (Å²) in [7, 11) is 1.78. The first-order valence-electron chi connectivity index (χ1n) is 7.09. The van der Waals surface area contributed by atoms with Crippen molar-refractivity contribution >= 4 is 12.0 Å². The lowest BCUT2D eigenvalue weighted by molar-refractivity contribution is -0.125. The lowest BCUT2D eigenvalue weighted by Crippen LogP contribution is -2.33. The molecule has 0 aromatic carbocycles. The minimum atomic E-state index is -0.254. The van der Waals surface area contributed by atoms with Gasteiger partial charge in [0.05, 0.1) is 6.10 Å². The topological polar surface area (TPSA) is 53.4 Å². The molecule has 1 saturated carbocycles. The first-order valence-corrected chi connectivity index (χ1v) is 7.09. The quantitative estimate of drug-likeness (QED) is 0.855. The zero-order valence-corrected chi connectivity index (χ0v) is 12.1. The van der Waals surface area contributed by atoms with Gasteiger partial charge in [-0.2, -0.15) is 0 Å². The zero-order valence-electron chi connectivity index (χ0n) is 12.1. The Morgan fingerprint density at radius 2 is 2.30 bits per heavy atom. The van der Waals surface area contributed by atoms with E-state index in [9.17, 15) is 9.90 Å². The summed E-state index contributed by atoms with van der Waals surface area (Å²) in [6.45, 7) is 2.59. The first kappa shape index (κ1) is 14.7. The Hall–Kier alpha value is -1.68. The first-order chi connectivity index (χ1) is 9.56. The van der Waals surface area contributed by atoms with Crippen LogP contribution < -0.4 is 0 Å². The number of aliphatic hydroxyl groups excluding tert-OH is 1. The number of rotatable bonds is 4. The molecule has 108 valence electrons. The third-order valence-corrected chi connectivity index (χ3v) is 3.82. The van der Waals surface area contributed by atoms with Crippen LogP contribution in [0.25, 0.3) is 6.08 Å². The average Bonchev–Trinajstić information content (AvgIpc) is 2.81. The molecule has 2 atom stereocenters. The highest BCUT2D eigenvalue weighted by Crippen LogP contribution is 2.26. The van der Waals surface area contributed by atoms with Crippen LogP contribution in [0, 0.1) is 12.8 Å². The summed E-state index contributed by atoms with van der Waals surface area (Å²) in [6.07, 6.45) is 9.53. The lowest BCUT2D eigenvalue weighted by atomic mass is 10.1. The van der Waals surface area contributed by atoms with Crippen LogP contribution >= 0.6 is 0 Å². The minimum absolute atomic E-state index is 0.0365. The highest BCUT2D eigenvalue weighted by atomic mass is 16.3. The molecule has 1 aliphatic rings. The van der Waals surface area contributed by atoms with Crippen molar-refractivity contribution in [3.63, 3.8) is 0 Å². The van der Waals surface area contributed by atoms with Crippen LogP contribution in [-0.2, 0) is 4.79 Å². The monoisotopic (exact) mass is 274 g/mol. The van der Waals surface area contributed by atoms with Gasteiger partial charge < -0.3 is 10.0 Å². The van der Waals surface area contributed by atoms with Crippen molar-refractivity contribution in [2.45, 2.75) is 32.3 Å². The summed E-state index contributed by atoms with van der Waals surface area (Å²) in [5.41, 5.74) is 2.00. The third kappa shape index (κ3) is 3.90. The summed E-state index contributed by atoms with van der Waals surface area (Å²) in [5, 5.41) is 9.79. The molecule has 1 fully saturated rings. The molecule has 4 heteroatoms. The van der Waals surface area contributed by atoms with E-state index in [1.165, 1.54) is 0 Å². The molecule has 2 unspecified atom stereocenters. The fourth-order valence-corrected chi connectivity index (χ4v) is 2.64. The smallest absolute Gasteiger partial charge is 0.246 e. The Morgan fingerprint density at radius 1 is 1.50 bits per heavy atom. The highest BCUT2D eigenvalue weighted by Gasteiger charge is 2.26. The van der Waals surface area contributed by atoms with Crippen LogP contribution in [0.3, 0.4) is 0 Å². The number of hydrogen-bond acceptors (Lipinski definition) is 3. The standard InChI is InChI=1S/C16H22N2O2/c1-12-8-13(10-17-9-12)6-7-16(20)18(2)11-14-4-3-5-15(14)19/h6-10,14-15,19H,3-5,11H2,1-2H3/b7-6+. The maximum absolute atomic E-state index is 12.0. The molecule has 0 spiro atoms. The molecule has 0 bridgehead atoms. The summed E-state index contributed by atoms with van der Waals surface area (Å²) in [6, 6.07) is 1.98. The van der Waals surface area contributed by atoms with Crippen LogP contribution in [0.5, 0.6) is 0 Å². The number of carbonyl (C=O) groups excluding carboxylic acids is 1. The maximum atomic E-state index is 12.0. The summed E-state index contributed by atoms with van der Waals surface area (Å²) < 4.78 is 0. The van der Waals surface area contributed by atoms with Crippen molar-refractivity contribution in [3.8, 4) is 0 Å². The van der Waals surface area contributed by atoms with E-state index in [2.05, 4.69) is 4.98 Å². The summed E-state index contributed by atoms with van der Waals surface area (Å²) in [5.74, 6) is 0.184. The molecule has 20 heavy (non-hydrogen) atoms. The Bertz CT molecular complexity index is 499. The molecule has 4 nitrogen and oxygen atoms in total. The molecular weight excluding hydrogens is 252 g/mol. The summed E-state index contributed by atoms with van der Waals surface area (Å²) >= 11 is 0. The van der Waals surface area contributed by atoms with Crippen molar-refractivity contribution in [3.05, 3.63) is 35.7 Å². The number of amides is 1. The van der Waals surface area contributed by atoms with Gasteiger partial charge in [0.2, 0.25) is 5.91 Å². The van der Waals surface area contributed by atoms with Crippen molar-refractivity contribution in [1.82, 2.24) is 9.88 Å². The molecule has 0 aliphatic heterocycles. The predicted molar refractivity (Wildman–Crippen MR) is 79.0 cm³/mol. The van der Waals surface area contributed by atoms with Gasteiger partial charge in [-0.3, -0.25) is 9.78 Å². The largest absolute Gasteiger partial charge is 0.393 e. The lowest BCUT2D eigenvalue weighted by Gasteiger charge is -2.22. The van der Waals surface area contributed by atoms with Crippen molar-refractivity contribution in [1.29, 1.82) is 0 Å². The van der Waals surface area contributed by atoms with Gasteiger partial charge in [0.15, 0.2) is 0 Å². The highest BCUT2D eigenvalue weighted by molar-refractivity contribution is 5.91. The Kier molecular flexibility index (Phi) is 4.90. The molecule has 1 aromatic rings. The fourth-order valence-electron chi connectivity index (χ4n) is 2.64. The van der Waals surface area contributed by atoms with Gasteiger partial charge in [-0.1, -0.05) is 6.42 Å². The second-order valence-electron chi connectivity index (χ2n) is 5.61. The third-order valence-electron chi connectivity index (χ3n) is 3.82. The number of pyridine rings is 1. The predicted octanol–water partition coefficient (Wildman–Crippen LogP) is 2.02. The van der Waals surface area contributed by atoms with Crippen LogP contribution in [0.1, 0.15) is 30.4 Å². The van der Waals surface area contributed by atoms with E-state index in [4.69, 9.17) is 0 Å². The normalized spacial score (nSPS) is 22.4. The van der Waals surface area contributed by atoms with Gasteiger partial charge in [0, 0.05) is 38.0 Å². The number of aliphatic hydroxyl groups is 1. The van der Waals surface area contributed by atoms with Gasteiger partial charge >= 0.3 is 0 Å². The fraction of sp³-hybridized carbons (Fsp3) is 0.500. The number of hydrogen-bond donors (Lipinski definition) is 1. The second kappa shape index (κ2) is 6.66. The van der Waals surface area contributed by atoms with E-state index in [-0.39, 0.29) is 17.9 Å². The Balaban J connectivity index is 1.90. The van der Waals surface area contributed by atoms with Crippen molar-refractivity contribution in [2.24, 2.45) is 5.92 Å². The van der Waals surface area contributed by atoms with E-state index >= 15 is 0 Å². The van der Waals surface area contributed by atoms with E-state index in [0.717, 1.165) is 30.4 Å². The van der Waals surface area contributed by atoms with Gasteiger partial charge in [-0.15, -0.1) is 0 Å². The number of aryl methyl sites for hydroxylation is 1. The molecule has 1 N–H and O–H groups in total. The summed E-state index contributed by atoms with van der Waals surface area (Å²) in [4.78, 5) is 17.8. The van der Waals surface area contributed by atoms with E-state index in [1.807, 2.05) is 13.0 Å².